The maximum atomic E-state index is 11.5. The molecular weight excluding hydrogens is 236 g/mol. The lowest BCUT2D eigenvalue weighted by Crippen LogP contribution is -2.55. The average molecular weight is 256 g/mol. The van der Waals surface area contributed by atoms with Gasteiger partial charge >= 0.3 is 12.0 Å². The highest BCUT2D eigenvalue weighted by Gasteiger charge is 2.34. The molecule has 3 N–H and O–H groups in total. The van der Waals surface area contributed by atoms with E-state index < -0.39 is 23.3 Å². The molecule has 1 aliphatic rings. The van der Waals surface area contributed by atoms with Crippen molar-refractivity contribution in [3.63, 3.8) is 0 Å². The molecule has 0 saturated heterocycles. The van der Waals surface area contributed by atoms with Crippen LogP contribution in [0.3, 0.4) is 0 Å². The van der Waals surface area contributed by atoms with Crippen molar-refractivity contribution in [2.45, 2.75) is 52.0 Å². The highest BCUT2D eigenvalue weighted by Crippen LogP contribution is 2.30. The Kier molecular flexibility index (Phi) is 3.98. The fourth-order valence-corrected chi connectivity index (χ4v) is 1.79. The second kappa shape index (κ2) is 4.96. The van der Waals surface area contributed by atoms with Gasteiger partial charge in [-0.3, -0.25) is 14.9 Å². The molecule has 0 aromatic carbocycles. The zero-order chi connectivity index (χ0) is 14.0. The van der Waals surface area contributed by atoms with Crippen LogP contribution in [0.1, 0.15) is 46.5 Å². The van der Waals surface area contributed by atoms with Crippen LogP contribution in [-0.4, -0.2) is 28.6 Å². The molecule has 1 rings (SSSR count). The summed E-state index contributed by atoms with van der Waals surface area (Å²) < 4.78 is 0. The lowest BCUT2D eigenvalue weighted by Gasteiger charge is -2.38. The lowest BCUT2D eigenvalue weighted by molar-refractivity contribution is -0.149. The predicted molar refractivity (Wildman–Crippen MR) is 65.0 cm³/mol. The van der Waals surface area contributed by atoms with E-state index in [9.17, 15) is 14.4 Å². The average Bonchev–Trinajstić information content (AvgIpc) is 2.13. The van der Waals surface area contributed by atoms with Crippen LogP contribution in [-0.2, 0) is 9.59 Å². The van der Waals surface area contributed by atoms with Crippen molar-refractivity contribution in [3.05, 3.63) is 0 Å². The molecule has 0 bridgehead atoms. The number of aliphatic carboxylic acids is 1. The second-order valence-corrected chi connectivity index (χ2v) is 5.78. The summed E-state index contributed by atoms with van der Waals surface area (Å²) in [5.74, 6) is -1.65. The van der Waals surface area contributed by atoms with Gasteiger partial charge in [-0.15, -0.1) is 0 Å². The number of carbonyl (C=O) groups excluding carboxylic acids is 2. The number of rotatable bonds is 4. The first-order valence-electron chi connectivity index (χ1n) is 6.00. The van der Waals surface area contributed by atoms with Crippen molar-refractivity contribution < 1.29 is 19.5 Å². The van der Waals surface area contributed by atoms with Gasteiger partial charge in [0.15, 0.2) is 0 Å². The first-order valence-corrected chi connectivity index (χ1v) is 6.00. The Labute approximate surface area is 106 Å². The van der Waals surface area contributed by atoms with Crippen LogP contribution < -0.4 is 10.6 Å². The molecule has 0 spiro atoms. The molecule has 6 heteroatoms. The minimum Gasteiger partial charge on any atom is -0.481 e. The first-order chi connectivity index (χ1) is 8.15. The topological polar surface area (TPSA) is 95.5 Å². The van der Waals surface area contributed by atoms with Crippen molar-refractivity contribution >= 4 is 17.9 Å². The molecular formula is C12H20N2O4. The number of hydrogen-bond acceptors (Lipinski definition) is 3. The molecule has 3 amide bonds. The van der Waals surface area contributed by atoms with Gasteiger partial charge in [0.25, 0.3) is 0 Å². The molecule has 1 saturated carbocycles. The van der Waals surface area contributed by atoms with Gasteiger partial charge in [-0.05, 0) is 40.0 Å². The number of carbonyl (C=O) groups is 3. The van der Waals surface area contributed by atoms with E-state index in [-0.39, 0.29) is 12.0 Å². The van der Waals surface area contributed by atoms with Gasteiger partial charge in [0, 0.05) is 12.0 Å². The number of hydrogen-bond donors (Lipinski definition) is 3. The summed E-state index contributed by atoms with van der Waals surface area (Å²) in [5, 5.41) is 13.8. The summed E-state index contributed by atoms with van der Waals surface area (Å²) in [7, 11) is 0. The van der Waals surface area contributed by atoms with Crippen molar-refractivity contribution in [1.29, 1.82) is 0 Å². The summed E-state index contributed by atoms with van der Waals surface area (Å²) in [5.41, 5.74) is -1.41. The van der Waals surface area contributed by atoms with Crippen LogP contribution in [0, 0.1) is 5.41 Å². The van der Waals surface area contributed by atoms with Gasteiger partial charge in [-0.25, -0.2) is 4.79 Å². The molecule has 1 fully saturated rings. The van der Waals surface area contributed by atoms with E-state index in [1.165, 1.54) is 13.8 Å². The number of urea groups is 1. The Morgan fingerprint density at radius 3 is 2.22 bits per heavy atom. The Hall–Kier alpha value is -1.59. The van der Waals surface area contributed by atoms with E-state index in [2.05, 4.69) is 10.6 Å². The number of carboxylic acid groups (broad SMARTS) is 1. The number of nitrogens with one attached hydrogen (secondary N) is 2. The minimum atomic E-state index is -1.18. The maximum absolute atomic E-state index is 11.5. The zero-order valence-corrected chi connectivity index (χ0v) is 11.0. The third kappa shape index (κ3) is 3.72. The molecule has 6 nitrogen and oxygen atoms in total. The van der Waals surface area contributed by atoms with E-state index in [4.69, 9.17) is 5.11 Å². The van der Waals surface area contributed by atoms with Crippen LogP contribution in [0.4, 0.5) is 4.79 Å². The third-order valence-corrected chi connectivity index (χ3v) is 3.31. The molecule has 0 radical (unpaired) electrons. The van der Waals surface area contributed by atoms with Crippen LogP contribution in [0.25, 0.3) is 0 Å². The molecule has 0 heterocycles. The Balaban J connectivity index is 2.40. The van der Waals surface area contributed by atoms with Gasteiger partial charge in [-0.1, -0.05) is 0 Å². The van der Waals surface area contributed by atoms with E-state index in [0.29, 0.717) is 0 Å². The highest BCUT2D eigenvalue weighted by molar-refractivity contribution is 5.96. The quantitative estimate of drug-likeness (QED) is 0.705. The Morgan fingerprint density at radius 2 is 1.83 bits per heavy atom. The number of carboxylic acids is 1. The van der Waals surface area contributed by atoms with Crippen molar-refractivity contribution in [2.75, 3.05) is 0 Å². The van der Waals surface area contributed by atoms with Crippen LogP contribution in [0.5, 0.6) is 0 Å². The van der Waals surface area contributed by atoms with Crippen LogP contribution in [0.2, 0.25) is 0 Å². The van der Waals surface area contributed by atoms with Gasteiger partial charge in [0.05, 0.1) is 5.41 Å². The minimum absolute atomic E-state index is 0.229. The van der Waals surface area contributed by atoms with Gasteiger partial charge in [0.2, 0.25) is 5.91 Å². The van der Waals surface area contributed by atoms with Gasteiger partial charge in [0.1, 0.15) is 0 Å². The maximum Gasteiger partial charge on any atom is 0.321 e. The second-order valence-electron chi connectivity index (χ2n) is 5.78. The molecule has 0 atom stereocenters. The fraction of sp³-hybridized carbons (Fsp3) is 0.750. The van der Waals surface area contributed by atoms with Crippen molar-refractivity contribution in [3.8, 4) is 0 Å². The molecule has 102 valence electrons. The molecule has 0 aliphatic heterocycles. The number of imide groups is 1. The fourth-order valence-electron chi connectivity index (χ4n) is 1.79. The molecule has 0 aromatic heterocycles. The van der Waals surface area contributed by atoms with E-state index in [1.807, 2.05) is 6.92 Å². The number of amides is 3. The monoisotopic (exact) mass is 256 g/mol. The lowest BCUT2D eigenvalue weighted by atomic mass is 9.79. The Bertz CT molecular complexity index is 372. The summed E-state index contributed by atoms with van der Waals surface area (Å²) in [6.07, 6.45) is 2.63. The molecule has 0 unspecified atom stereocenters. The predicted octanol–water partition coefficient (Wildman–Crippen LogP) is 1.26. The summed E-state index contributed by atoms with van der Waals surface area (Å²) in [6.45, 7) is 4.81. The van der Waals surface area contributed by atoms with E-state index >= 15 is 0 Å². The van der Waals surface area contributed by atoms with Crippen molar-refractivity contribution in [2.24, 2.45) is 5.41 Å². The van der Waals surface area contributed by atoms with E-state index in [1.54, 1.807) is 0 Å². The summed E-state index contributed by atoms with van der Waals surface area (Å²) >= 11 is 0. The smallest absolute Gasteiger partial charge is 0.321 e. The van der Waals surface area contributed by atoms with E-state index in [0.717, 1.165) is 19.3 Å². The largest absolute Gasteiger partial charge is 0.481 e. The zero-order valence-electron chi connectivity index (χ0n) is 11.0. The first kappa shape index (κ1) is 14.5. The molecule has 0 aromatic rings. The highest BCUT2D eigenvalue weighted by atomic mass is 16.4. The summed E-state index contributed by atoms with van der Waals surface area (Å²) in [4.78, 5) is 33.9. The van der Waals surface area contributed by atoms with Gasteiger partial charge < -0.3 is 10.4 Å². The summed E-state index contributed by atoms with van der Waals surface area (Å²) in [6, 6.07) is -0.552. The van der Waals surface area contributed by atoms with Crippen molar-refractivity contribution in [1.82, 2.24) is 10.6 Å². The van der Waals surface area contributed by atoms with Crippen LogP contribution in [0.15, 0.2) is 0 Å². The van der Waals surface area contributed by atoms with Crippen LogP contribution >= 0.6 is 0 Å². The molecule has 1 aliphatic carbocycles. The SMILES string of the molecule is CC1(NC(=O)NC(=O)CC(C)(C)C(=O)O)CCC1. The normalized spacial score (nSPS) is 17.5. The third-order valence-electron chi connectivity index (χ3n) is 3.31. The standard InChI is InChI=1S/C12H20N2O4/c1-11(2,9(16)17)7-8(15)13-10(18)14-12(3)5-4-6-12/h4-7H2,1-3H3,(H,16,17)(H2,13,14,15,18). The molecule has 18 heavy (non-hydrogen) atoms. The van der Waals surface area contributed by atoms with Gasteiger partial charge in [-0.2, -0.15) is 0 Å². The Morgan fingerprint density at radius 1 is 1.28 bits per heavy atom.